The maximum absolute atomic E-state index is 13.5. The van der Waals surface area contributed by atoms with E-state index < -0.39 is 23.3 Å². The number of carbonyl (C=O) groups is 2. The molecular weight excluding hydrogens is 412 g/mol. The second kappa shape index (κ2) is 6.40. The monoisotopic (exact) mass is 419 g/mol. The van der Waals surface area contributed by atoms with E-state index in [1.807, 2.05) is 22.6 Å². The SMILES string of the molecule is O=C(Nc1cccc(F)c1C(=O)O)c1cc(Cl)ccc1I. The number of nitrogens with one attached hydrogen (secondary N) is 1. The van der Waals surface area contributed by atoms with E-state index in [9.17, 15) is 14.0 Å². The molecule has 0 heterocycles. The molecule has 0 saturated carbocycles. The summed E-state index contributed by atoms with van der Waals surface area (Å²) in [5, 5.41) is 11.8. The van der Waals surface area contributed by atoms with E-state index in [1.54, 1.807) is 12.1 Å². The van der Waals surface area contributed by atoms with Crippen LogP contribution < -0.4 is 5.32 Å². The molecule has 2 aromatic carbocycles. The quantitative estimate of drug-likeness (QED) is 0.738. The summed E-state index contributed by atoms with van der Waals surface area (Å²) >= 11 is 7.79. The van der Waals surface area contributed by atoms with Gasteiger partial charge < -0.3 is 10.4 Å². The first-order chi connectivity index (χ1) is 9.90. The van der Waals surface area contributed by atoms with Gasteiger partial charge in [0, 0.05) is 8.59 Å². The lowest BCUT2D eigenvalue weighted by atomic mass is 10.1. The van der Waals surface area contributed by atoms with Gasteiger partial charge in [-0.2, -0.15) is 0 Å². The number of carboxylic acids is 1. The second-order valence-corrected chi connectivity index (χ2v) is 5.64. The Morgan fingerprint density at radius 2 is 1.95 bits per heavy atom. The van der Waals surface area contributed by atoms with Crippen LogP contribution in [0.15, 0.2) is 36.4 Å². The third-order valence-corrected chi connectivity index (χ3v) is 3.82. The molecule has 0 aliphatic carbocycles. The summed E-state index contributed by atoms with van der Waals surface area (Å²) in [5.41, 5.74) is -0.408. The standard InChI is InChI=1S/C14H8ClFINO3/c15-7-4-5-10(17)8(6-7)13(19)18-11-3-1-2-9(16)12(11)14(20)21/h1-6H,(H,18,19)(H,20,21). The summed E-state index contributed by atoms with van der Waals surface area (Å²) in [6.45, 7) is 0. The summed E-state index contributed by atoms with van der Waals surface area (Å²) in [4.78, 5) is 23.3. The van der Waals surface area contributed by atoms with Crippen molar-refractivity contribution >= 4 is 51.8 Å². The molecule has 108 valence electrons. The maximum Gasteiger partial charge on any atom is 0.340 e. The van der Waals surface area contributed by atoms with Crippen molar-refractivity contribution in [3.05, 3.63) is 61.9 Å². The molecule has 1 amide bonds. The molecule has 0 fully saturated rings. The van der Waals surface area contributed by atoms with Gasteiger partial charge in [-0.15, -0.1) is 0 Å². The molecule has 0 aliphatic heterocycles. The Bertz CT molecular complexity index is 736. The van der Waals surface area contributed by atoms with E-state index in [1.165, 1.54) is 18.2 Å². The third kappa shape index (κ3) is 3.51. The zero-order valence-corrected chi connectivity index (χ0v) is 13.3. The molecule has 0 spiro atoms. The van der Waals surface area contributed by atoms with Gasteiger partial charge in [0.05, 0.1) is 11.3 Å². The Morgan fingerprint density at radius 1 is 1.24 bits per heavy atom. The van der Waals surface area contributed by atoms with Gasteiger partial charge in [-0.25, -0.2) is 9.18 Å². The highest BCUT2D eigenvalue weighted by atomic mass is 127. The highest BCUT2D eigenvalue weighted by Crippen LogP contribution is 2.22. The Balaban J connectivity index is 2.39. The predicted octanol–water partition coefficient (Wildman–Crippen LogP) is 4.03. The number of rotatable bonds is 3. The number of hydrogen-bond donors (Lipinski definition) is 2. The van der Waals surface area contributed by atoms with E-state index >= 15 is 0 Å². The molecule has 0 unspecified atom stereocenters. The van der Waals surface area contributed by atoms with Crippen LogP contribution in [0.1, 0.15) is 20.7 Å². The maximum atomic E-state index is 13.5. The van der Waals surface area contributed by atoms with Gasteiger partial charge in [0.1, 0.15) is 11.4 Å². The minimum Gasteiger partial charge on any atom is -0.478 e. The first kappa shape index (κ1) is 15.7. The van der Waals surface area contributed by atoms with Crippen LogP contribution in [0.25, 0.3) is 0 Å². The van der Waals surface area contributed by atoms with Crippen molar-refractivity contribution in [3.63, 3.8) is 0 Å². The Labute approximate surface area is 138 Å². The highest BCUT2D eigenvalue weighted by molar-refractivity contribution is 14.1. The molecule has 0 atom stereocenters. The lowest BCUT2D eigenvalue weighted by Gasteiger charge is -2.10. The fourth-order valence-electron chi connectivity index (χ4n) is 1.71. The Kier molecular flexibility index (Phi) is 4.79. The molecule has 4 nitrogen and oxygen atoms in total. The van der Waals surface area contributed by atoms with Gasteiger partial charge in [0.25, 0.3) is 5.91 Å². The summed E-state index contributed by atoms with van der Waals surface area (Å²) in [5.74, 6) is -2.93. The fraction of sp³-hybridized carbons (Fsp3) is 0. The van der Waals surface area contributed by atoms with Crippen LogP contribution in [-0.2, 0) is 0 Å². The first-order valence-corrected chi connectivity index (χ1v) is 7.14. The lowest BCUT2D eigenvalue weighted by Crippen LogP contribution is -2.16. The zero-order valence-electron chi connectivity index (χ0n) is 10.4. The van der Waals surface area contributed by atoms with Crippen molar-refractivity contribution in [2.75, 3.05) is 5.32 Å². The molecule has 0 saturated heterocycles. The molecule has 2 rings (SSSR count). The summed E-state index contributed by atoms with van der Waals surface area (Å²) in [6.07, 6.45) is 0. The summed E-state index contributed by atoms with van der Waals surface area (Å²) in [6, 6.07) is 8.40. The van der Waals surface area contributed by atoms with Crippen molar-refractivity contribution in [1.29, 1.82) is 0 Å². The van der Waals surface area contributed by atoms with Crippen LogP contribution >= 0.6 is 34.2 Å². The Morgan fingerprint density at radius 3 is 2.62 bits per heavy atom. The van der Waals surface area contributed by atoms with E-state index in [-0.39, 0.29) is 11.3 Å². The van der Waals surface area contributed by atoms with Gasteiger partial charge in [-0.1, -0.05) is 17.7 Å². The van der Waals surface area contributed by atoms with Crippen molar-refractivity contribution in [2.45, 2.75) is 0 Å². The van der Waals surface area contributed by atoms with E-state index in [0.29, 0.717) is 8.59 Å². The van der Waals surface area contributed by atoms with Crippen LogP contribution in [0.4, 0.5) is 10.1 Å². The molecule has 0 aromatic heterocycles. The number of benzene rings is 2. The van der Waals surface area contributed by atoms with Crippen LogP contribution in [0.2, 0.25) is 5.02 Å². The van der Waals surface area contributed by atoms with Crippen molar-refractivity contribution < 1.29 is 19.1 Å². The number of carbonyl (C=O) groups excluding carboxylic acids is 1. The normalized spacial score (nSPS) is 10.2. The van der Waals surface area contributed by atoms with Gasteiger partial charge >= 0.3 is 5.97 Å². The number of hydrogen-bond acceptors (Lipinski definition) is 2. The van der Waals surface area contributed by atoms with Crippen molar-refractivity contribution in [2.24, 2.45) is 0 Å². The van der Waals surface area contributed by atoms with Gasteiger partial charge in [-0.05, 0) is 52.9 Å². The van der Waals surface area contributed by atoms with Gasteiger partial charge in [0.15, 0.2) is 0 Å². The smallest absolute Gasteiger partial charge is 0.340 e. The molecule has 7 heteroatoms. The van der Waals surface area contributed by atoms with Crippen molar-refractivity contribution in [1.82, 2.24) is 0 Å². The molecule has 0 bridgehead atoms. The molecule has 2 N–H and O–H groups in total. The largest absolute Gasteiger partial charge is 0.478 e. The number of carboxylic acid groups (broad SMARTS) is 1. The fourth-order valence-corrected chi connectivity index (χ4v) is 2.46. The molecular formula is C14H8ClFINO3. The average molecular weight is 420 g/mol. The molecule has 21 heavy (non-hydrogen) atoms. The lowest BCUT2D eigenvalue weighted by molar-refractivity contribution is 0.0693. The zero-order chi connectivity index (χ0) is 15.6. The van der Waals surface area contributed by atoms with E-state index in [2.05, 4.69) is 5.32 Å². The minimum atomic E-state index is -1.45. The molecule has 0 radical (unpaired) electrons. The van der Waals surface area contributed by atoms with E-state index in [4.69, 9.17) is 16.7 Å². The summed E-state index contributed by atoms with van der Waals surface area (Å²) in [7, 11) is 0. The molecule has 2 aromatic rings. The van der Waals surface area contributed by atoms with Crippen LogP contribution in [-0.4, -0.2) is 17.0 Å². The predicted molar refractivity (Wildman–Crippen MR) is 85.5 cm³/mol. The second-order valence-electron chi connectivity index (χ2n) is 4.05. The molecule has 0 aliphatic rings. The topological polar surface area (TPSA) is 66.4 Å². The van der Waals surface area contributed by atoms with Gasteiger partial charge in [0.2, 0.25) is 0 Å². The van der Waals surface area contributed by atoms with E-state index in [0.717, 1.165) is 6.07 Å². The number of halogens is 3. The minimum absolute atomic E-state index is 0.108. The first-order valence-electron chi connectivity index (χ1n) is 5.68. The number of amides is 1. The Hall–Kier alpha value is -1.67. The number of anilines is 1. The highest BCUT2D eigenvalue weighted by Gasteiger charge is 2.19. The van der Waals surface area contributed by atoms with Crippen LogP contribution in [0, 0.1) is 9.39 Å². The van der Waals surface area contributed by atoms with Gasteiger partial charge in [-0.3, -0.25) is 4.79 Å². The average Bonchev–Trinajstić information content (AvgIpc) is 2.41. The van der Waals surface area contributed by atoms with Crippen LogP contribution in [0.3, 0.4) is 0 Å². The third-order valence-electron chi connectivity index (χ3n) is 2.65. The van der Waals surface area contributed by atoms with Crippen LogP contribution in [0.5, 0.6) is 0 Å². The number of aromatic carboxylic acids is 1. The summed E-state index contributed by atoms with van der Waals surface area (Å²) < 4.78 is 14.2. The van der Waals surface area contributed by atoms with Crippen molar-refractivity contribution in [3.8, 4) is 0 Å².